The first-order chi connectivity index (χ1) is 11.6. The van der Waals surface area contributed by atoms with Gasteiger partial charge in [0.15, 0.2) is 17.2 Å². The van der Waals surface area contributed by atoms with E-state index in [-0.39, 0.29) is 12.5 Å². The molecule has 2 heterocycles. The molecule has 0 amide bonds. The molecular weight excluding hydrogens is 374 g/mol. The Kier molecular flexibility index (Phi) is 3.61. The van der Waals surface area contributed by atoms with Gasteiger partial charge in [-0.25, -0.2) is 9.79 Å². The van der Waals surface area contributed by atoms with Gasteiger partial charge in [-0.3, -0.25) is 0 Å². The number of hydrogen-bond acceptors (Lipinski definition) is 5. The van der Waals surface area contributed by atoms with E-state index in [2.05, 4.69) is 20.9 Å². The van der Waals surface area contributed by atoms with Crippen LogP contribution in [0.2, 0.25) is 0 Å². The lowest BCUT2D eigenvalue weighted by molar-refractivity contribution is -0.129. The number of benzene rings is 2. The molecule has 0 saturated heterocycles. The molecule has 0 N–H and O–H groups in total. The Morgan fingerprint density at radius 3 is 2.75 bits per heavy atom. The number of nitrogens with zero attached hydrogens (tertiary/aromatic N) is 1. The van der Waals surface area contributed by atoms with Crippen molar-refractivity contribution in [2.24, 2.45) is 4.99 Å². The molecule has 0 atom stereocenters. The third-order valence-corrected chi connectivity index (χ3v) is 4.36. The number of rotatable bonds is 2. The van der Waals surface area contributed by atoms with Crippen molar-refractivity contribution in [3.05, 3.63) is 63.3 Å². The Morgan fingerprint density at radius 2 is 1.96 bits per heavy atom. The predicted molar refractivity (Wildman–Crippen MR) is 92.1 cm³/mol. The average molecular weight is 386 g/mol. The summed E-state index contributed by atoms with van der Waals surface area (Å²) in [5.74, 6) is 1.14. The number of carbonyl (C=O) groups excluding carboxylic acids is 1. The van der Waals surface area contributed by atoms with Crippen LogP contribution in [0.4, 0.5) is 0 Å². The number of ether oxygens (including phenoxy) is 3. The zero-order valence-electron chi connectivity index (χ0n) is 12.7. The minimum Gasteiger partial charge on any atom is -0.454 e. The molecule has 2 aromatic rings. The molecule has 0 aromatic heterocycles. The summed E-state index contributed by atoms with van der Waals surface area (Å²) in [5, 5.41) is 0. The number of esters is 1. The van der Waals surface area contributed by atoms with E-state index in [1.807, 2.05) is 31.2 Å². The largest absolute Gasteiger partial charge is 0.454 e. The number of hydrogen-bond donors (Lipinski definition) is 0. The molecule has 2 aromatic carbocycles. The first-order valence-electron chi connectivity index (χ1n) is 7.29. The lowest BCUT2D eigenvalue weighted by atomic mass is 10.1. The van der Waals surface area contributed by atoms with Crippen molar-refractivity contribution >= 4 is 33.9 Å². The van der Waals surface area contributed by atoms with Gasteiger partial charge in [0.2, 0.25) is 12.7 Å². The van der Waals surface area contributed by atoms with E-state index >= 15 is 0 Å². The summed E-state index contributed by atoms with van der Waals surface area (Å²) in [4.78, 5) is 16.4. The number of cyclic esters (lactones) is 1. The van der Waals surface area contributed by atoms with E-state index in [0.717, 1.165) is 21.2 Å². The molecule has 0 aliphatic carbocycles. The molecule has 5 nitrogen and oxygen atoms in total. The summed E-state index contributed by atoms with van der Waals surface area (Å²) in [5.41, 5.74) is 2.85. The topological polar surface area (TPSA) is 57.1 Å². The van der Waals surface area contributed by atoms with Crippen LogP contribution in [0.3, 0.4) is 0 Å². The van der Waals surface area contributed by atoms with Gasteiger partial charge < -0.3 is 14.2 Å². The van der Waals surface area contributed by atoms with E-state index < -0.39 is 5.97 Å². The van der Waals surface area contributed by atoms with Gasteiger partial charge in [-0.1, -0.05) is 33.6 Å². The van der Waals surface area contributed by atoms with Crippen molar-refractivity contribution in [1.82, 2.24) is 0 Å². The number of halogens is 1. The minimum atomic E-state index is -0.476. The number of aliphatic imine (C=N–C) groups is 1. The van der Waals surface area contributed by atoms with Crippen molar-refractivity contribution in [3.63, 3.8) is 0 Å². The van der Waals surface area contributed by atoms with Crippen molar-refractivity contribution < 1.29 is 19.0 Å². The highest BCUT2D eigenvalue weighted by Crippen LogP contribution is 2.38. The minimum absolute atomic E-state index is 0.194. The van der Waals surface area contributed by atoms with Crippen LogP contribution < -0.4 is 9.47 Å². The Morgan fingerprint density at radius 1 is 1.17 bits per heavy atom. The number of fused-ring (bicyclic) bond motifs is 1. The molecule has 0 saturated carbocycles. The highest BCUT2D eigenvalue weighted by Gasteiger charge is 2.25. The SMILES string of the molecule is Cc1cccc(C2=N/C(=C\c3cc4c(cc3Br)OCO4)C(=O)O2)c1. The summed E-state index contributed by atoms with van der Waals surface area (Å²) in [6.07, 6.45) is 1.66. The smallest absolute Gasteiger partial charge is 0.363 e. The van der Waals surface area contributed by atoms with E-state index in [1.54, 1.807) is 18.2 Å². The predicted octanol–water partition coefficient (Wildman–Crippen LogP) is 3.83. The number of carbonyl (C=O) groups is 1. The van der Waals surface area contributed by atoms with Crippen LogP contribution >= 0.6 is 15.9 Å². The second-order valence-corrected chi connectivity index (χ2v) is 6.29. The fourth-order valence-corrected chi connectivity index (χ4v) is 2.94. The summed E-state index contributed by atoms with van der Waals surface area (Å²) in [6.45, 7) is 2.17. The Balaban J connectivity index is 1.71. The molecule has 0 spiro atoms. The van der Waals surface area contributed by atoms with Crippen LogP contribution in [0, 0.1) is 6.92 Å². The molecule has 0 unspecified atom stereocenters. The van der Waals surface area contributed by atoms with Crippen LogP contribution in [0.1, 0.15) is 16.7 Å². The first-order valence-corrected chi connectivity index (χ1v) is 8.08. The summed E-state index contributed by atoms with van der Waals surface area (Å²) >= 11 is 3.47. The number of aryl methyl sites for hydroxylation is 1. The van der Waals surface area contributed by atoms with Crippen molar-refractivity contribution in [2.45, 2.75) is 6.92 Å². The molecule has 6 heteroatoms. The molecule has 2 aliphatic rings. The summed E-state index contributed by atoms with van der Waals surface area (Å²) in [6, 6.07) is 11.3. The molecule has 120 valence electrons. The van der Waals surface area contributed by atoms with Gasteiger partial charge in [-0.05, 0) is 42.8 Å². The van der Waals surface area contributed by atoms with E-state index in [9.17, 15) is 4.79 Å². The second-order valence-electron chi connectivity index (χ2n) is 5.43. The van der Waals surface area contributed by atoms with Crippen molar-refractivity contribution in [1.29, 1.82) is 0 Å². The maximum absolute atomic E-state index is 12.1. The maximum atomic E-state index is 12.1. The first kappa shape index (κ1) is 15.0. The molecule has 0 radical (unpaired) electrons. The quantitative estimate of drug-likeness (QED) is 0.582. The van der Waals surface area contributed by atoms with E-state index in [0.29, 0.717) is 17.4 Å². The zero-order valence-corrected chi connectivity index (χ0v) is 14.3. The Hall–Kier alpha value is -2.60. The molecule has 24 heavy (non-hydrogen) atoms. The van der Waals surface area contributed by atoms with Gasteiger partial charge in [0.1, 0.15) is 0 Å². The maximum Gasteiger partial charge on any atom is 0.363 e. The average Bonchev–Trinajstić information content (AvgIpc) is 3.14. The van der Waals surface area contributed by atoms with Crippen LogP contribution in [-0.2, 0) is 9.53 Å². The van der Waals surface area contributed by atoms with Crippen molar-refractivity contribution in [3.8, 4) is 11.5 Å². The Labute approximate surface area is 146 Å². The molecular formula is C18H12BrNO4. The monoisotopic (exact) mass is 385 g/mol. The lowest BCUT2D eigenvalue weighted by Crippen LogP contribution is -2.05. The zero-order chi connectivity index (χ0) is 16.7. The van der Waals surface area contributed by atoms with Gasteiger partial charge in [-0.15, -0.1) is 0 Å². The van der Waals surface area contributed by atoms with Crippen LogP contribution in [0.25, 0.3) is 6.08 Å². The lowest BCUT2D eigenvalue weighted by Gasteiger charge is -2.02. The van der Waals surface area contributed by atoms with Gasteiger partial charge in [0.25, 0.3) is 0 Å². The second kappa shape index (κ2) is 5.79. The summed E-state index contributed by atoms with van der Waals surface area (Å²) in [7, 11) is 0. The van der Waals surface area contributed by atoms with Crippen molar-refractivity contribution in [2.75, 3.05) is 6.79 Å². The molecule has 0 bridgehead atoms. The Bertz CT molecular complexity index is 917. The molecule has 2 aliphatic heterocycles. The van der Waals surface area contributed by atoms with Gasteiger partial charge in [-0.2, -0.15) is 0 Å². The summed E-state index contributed by atoms with van der Waals surface area (Å²) < 4.78 is 16.8. The normalized spacial score (nSPS) is 17.2. The van der Waals surface area contributed by atoms with Crippen LogP contribution in [0.15, 0.2) is 51.6 Å². The highest BCUT2D eigenvalue weighted by molar-refractivity contribution is 9.10. The van der Waals surface area contributed by atoms with E-state index in [1.165, 1.54) is 0 Å². The highest BCUT2D eigenvalue weighted by atomic mass is 79.9. The van der Waals surface area contributed by atoms with Gasteiger partial charge >= 0.3 is 5.97 Å². The standard InChI is InChI=1S/C18H12BrNO4/c1-10-3-2-4-11(5-10)17-20-14(18(21)24-17)6-12-7-15-16(8-13(12)19)23-9-22-15/h2-8H,9H2,1H3/b14-6-. The molecule has 4 rings (SSSR count). The fourth-order valence-electron chi connectivity index (χ4n) is 2.50. The van der Waals surface area contributed by atoms with Crippen LogP contribution in [-0.4, -0.2) is 18.7 Å². The van der Waals surface area contributed by atoms with Gasteiger partial charge in [0.05, 0.1) is 0 Å². The third kappa shape index (κ3) is 2.69. The van der Waals surface area contributed by atoms with Crippen LogP contribution in [0.5, 0.6) is 11.5 Å². The third-order valence-electron chi connectivity index (χ3n) is 3.67. The molecule has 0 fully saturated rings. The fraction of sp³-hybridized carbons (Fsp3) is 0.111. The van der Waals surface area contributed by atoms with Gasteiger partial charge in [0, 0.05) is 10.0 Å². The van der Waals surface area contributed by atoms with E-state index in [4.69, 9.17) is 14.2 Å².